The zero-order chi connectivity index (χ0) is 13.9. The van der Waals surface area contributed by atoms with E-state index in [9.17, 15) is 18.0 Å². The molecule has 0 aromatic heterocycles. The van der Waals surface area contributed by atoms with E-state index in [1.807, 2.05) is 0 Å². The largest absolute Gasteiger partial charge is 0.462 e. The molecule has 1 atom stereocenters. The summed E-state index contributed by atoms with van der Waals surface area (Å²) >= 11 is 5.65. The highest BCUT2D eigenvalue weighted by Crippen LogP contribution is 2.34. The maximum Gasteiger partial charge on any atom is 0.379 e. The summed E-state index contributed by atoms with van der Waals surface area (Å²) in [5, 5.41) is -0.145. The lowest BCUT2D eigenvalue weighted by Gasteiger charge is -2.22. The van der Waals surface area contributed by atoms with Gasteiger partial charge in [0.1, 0.15) is 11.9 Å². The number of benzene rings is 1. The van der Waals surface area contributed by atoms with Crippen molar-refractivity contribution < 1.29 is 22.7 Å². The first-order valence-corrected chi connectivity index (χ1v) is 5.44. The van der Waals surface area contributed by atoms with Gasteiger partial charge < -0.3 is 10.5 Å². The minimum atomic E-state index is -3.98. The van der Waals surface area contributed by atoms with Gasteiger partial charge in [-0.25, -0.2) is 9.18 Å². The topological polar surface area (TPSA) is 52.3 Å². The Hall–Kier alpha value is -1.27. The van der Waals surface area contributed by atoms with Gasteiger partial charge >= 0.3 is 11.9 Å². The van der Waals surface area contributed by atoms with E-state index < -0.39 is 23.8 Å². The molecule has 0 aliphatic carbocycles. The molecule has 2 N–H and O–H groups in total. The molecule has 3 nitrogen and oxygen atoms in total. The monoisotopic (exact) mass is 281 g/mol. The molecule has 18 heavy (non-hydrogen) atoms. The molecule has 0 saturated carbocycles. The second kappa shape index (κ2) is 5.58. The highest BCUT2D eigenvalue weighted by atomic mass is 35.5. The van der Waals surface area contributed by atoms with Crippen LogP contribution in [-0.4, -0.2) is 18.5 Å². The van der Waals surface area contributed by atoms with Crippen LogP contribution >= 0.6 is 11.6 Å². The molecule has 0 heterocycles. The second-order valence-corrected chi connectivity index (χ2v) is 3.89. The first-order chi connectivity index (χ1) is 8.30. The molecule has 0 bridgehead atoms. The highest BCUT2D eigenvalue weighted by molar-refractivity contribution is 6.31. The summed E-state index contributed by atoms with van der Waals surface area (Å²) < 4.78 is 44.4. The normalized spacial score (nSPS) is 13.2. The summed E-state index contributed by atoms with van der Waals surface area (Å²) in [7, 11) is 0. The van der Waals surface area contributed by atoms with Crippen molar-refractivity contribution in [2.75, 3.05) is 6.61 Å². The predicted molar refractivity (Wildman–Crippen MR) is 59.9 cm³/mol. The van der Waals surface area contributed by atoms with Crippen LogP contribution in [0.3, 0.4) is 0 Å². The van der Waals surface area contributed by atoms with Crippen molar-refractivity contribution in [2.24, 2.45) is 5.73 Å². The number of carbonyl (C=O) groups excluding carboxylic acids is 1. The van der Waals surface area contributed by atoms with Crippen LogP contribution in [0.5, 0.6) is 0 Å². The molecular formula is C11H11ClF3NO2. The van der Waals surface area contributed by atoms with Gasteiger partial charge in [0.2, 0.25) is 0 Å². The average Bonchev–Trinajstić information content (AvgIpc) is 2.31. The van der Waals surface area contributed by atoms with Gasteiger partial charge in [0.15, 0.2) is 0 Å². The van der Waals surface area contributed by atoms with E-state index in [4.69, 9.17) is 17.3 Å². The number of nitrogens with two attached hydrogens (primary N) is 1. The molecule has 0 unspecified atom stereocenters. The van der Waals surface area contributed by atoms with Crippen LogP contribution in [0.15, 0.2) is 18.2 Å². The summed E-state index contributed by atoms with van der Waals surface area (Å²) in [6.07, 6.45) is 0. The molecule has 0 aliphatic rings. The number of esters is 1. The smallest absolute Gasteiger partial charge is 0.379 e. The number of hydrogen-bond acceptors (Lipinski definition) is 3. The van der Waals surface area contributed by atoms with E-state index in [2.05, 4.69) is 4.74 Å². The van der Waals surface area contributed by atoms with E-state index in [1.54, 1.807) is 0 Å². The molecule has 0 spiro atoms. The van der Waals surface area contributed by atoms with Gasteiger partial charge in [-0.05, 0) is 30.7 Å². The minimum Gasteiger partial charge on any atom is -0.462 e. The SMILES string of the molecule is CCOC(=O)C(F)(F)[C@@H](N)c1cc(F)ccc1Cl. The number of halogens is 4. The van der Waals surface area contributed by atoms with Crippen LogP contribution in [0, 0.1) is 5.82 Å². The Morgan fingerprint density at radius 3 is 2.72 bits per heavy atom. The molecule has 0 radical (unpaired) electrons. The summed E-state index contributed by atoms with van der Waals surface area (Å²) in [5.74, 6) is -6.52. The Kier molecular flexibility index (Phi) is 4.59. The highest BCUT2D eigenvalue weighted by Gasteiger charge is 2.48. The number of hydrogen-bond donors (Lipinski definition) is 1. The quantitative estimate of drug-likeness (QED) is 0.863. The van der Waals surface area contributed by atoms with Gasteiger partial charge in [-0.3, -0.25) is 0 Å². The molecule has 1 rings (SSSR count). The molecule has 1 aromatic rings. The fourth-order valence-corrected chi connectivity index (χ4v) is 1.54. The van der Waals surface area contributed by atoms with Gasteiger partial charge in [-0.2, -0.15) is 8.78 Å². The van der Waals surface area contributed by atoms with Crippen LogP contribution in [0.1, 0.15) is 18.5 Å². The molecule has 1 aromatic carbocycles. The Bertz CT molecular complexity index is 454. The van der Waals surface area contributed by atoms with Crippen LogP contribution in [0.25, 0.3) is 0 Å². The van der Waals surface area contributed by atoms with Gasteiger partial charge in [0.25, 0.3) is 0 Å². The number of rotatable bonds is 4. The van der Waals surface area contributed by atoms with Crippen molar-refractivity contribution in [2.45, 2.75) is 18.9 Å². The molecule has 0 amide bonds. The molecule has 100 valence electrons. The summed E-state index contributed by atoms with van der Waals surface area (Å²) in [6, 6.07) is 0.786. The fourth-order valence-electron chi connectivity index (χ4n) is 1.30. The maximum absolute atomic E-state index is 13.6. The third-order valence-corrected chi connectivity index (χ3v) is 2.58. The lowest BCUT2D eigenvalue weighted by Crippen LogP contribution is -2.41. The minimum absolute atomic E-state index is 0.145. The van der Waals surface area contributed by atoms with Crippen molar-refractivity contribution in [3.05, 3.63) is 34.6 Å². The standard InChI is InChI=1S/C11H11ClF3NO2/c1-2-18-10(17)11(14,15)9(16)7-5-6(13)3-4-8(7)12/h3-5,9H,2,16H2,1H3/t9-/m0/s1. The second-order valence-electron chi connectivity index (χ2n) is 3.49. The van der Waals surface area contributed by atoms with Crippen molar-refractivity contribution in [1.82, 2.24) is 0 Å². The Labute approximate surface area is 107 Å². The summed E-state index contributed by atoms with van der Waals surface area (Å²) in [4.78, 5) is 11.1. The van der Waals surface area contributed by atoms with Crippen LogP contribution in [0.4, 0.5) is 13.2 Å². The zero-order valence-corrected chi connectivity index (χ0v) is 10.2. The fraction of sp³-hybridized carbons (Fsp3) is 0.364. The van der Waals surface area contributed by atoms with Crippen molar-refractivity contribution >= 4 is 17.6 Å². The van der Waals surface area contributed by atoms with E-state index >= 15 is 0 Å². The van der Waals surface area contributed by atoms with Crippen LogP contribution in [-0.2, 0) is 9.53 Å². The molecule has 7 heteroatoms. The van der Waals surface area contributed by atoms with Crippen molar-refractivity contribution in [3.8, 4) is 0 Å². The average molecular weight is 282 g/mol. The van der Waals surface area contributed by atoms with Crippen molar-refractivity contribution in [1.29, 1.82) is 0 Å². The van der Waals surface area contributed by atoms with Crippen molar-refractivity contribution in [3.63, 3.8) is 0 Å². The summed E-state index contributed by atoms with van der Waals surface area (Å²) in [6.45, 7) is 1.17. The van der Waals surface area contributed by atoms with Crippen LogP contribution in [0.2, 0.25) is 5.02 Å². The Balaban J connectivity index is 3.08. The predicted octanol–water partition coefficient (Wildman–Crippen LogP) is 2.68. The first-order valence-electron chi connectivity index (χ1n) is 5.06. The van der Waals surface area contributed by atoms with E-state index in [1.165, 1.54) is 6.92 Å². The number of alkyl halides is 2. The van der Waals surface area contributed by atoms with Gasteiger partial charge in [0, 0.05) is 5.02 Å². The number of carbonyl (C=O) groups is 1. The lowest BCUT2D eigenvalue weighted by molar-refractivity contribution is -0.174. The van der Waals surface area contributed by atoms with E-state index in [0.717, 1.165) is 18.2 Å². The first kappa shape index (κ1) is 14.8. The third-order valence-electron chi connectivity index (χ3n) is 2.23. The van der Waals surface area contributed by atoms with Gasteiger partial charge in [-0.1, -0.05) is 11.6 Å². The maximum atomic E-state index is 13.6. The third kappa shape index (κ3) is 2.94. The lowest BCUT2D eigenvalue weighted by atomic mass is 10.0. The molecular weight excluding hydrogens is 271 g/mol. The molecule has 0 aliphatic heterocycles. The zero-order valence-electron chi connectivity index (χ0n) is 9.42. The summed E-state index contributed by atoms with van der Waals surface area (Å²) in [5.41, 5.74) is 4.92. The number of ether oxygens (including phenoxy) is 1. The van der Waals surface area contributed by atoms with Gasteiger partial charge in [-0.15, -0.1) is 0 Å². The van der Waals surface area contributed by atoms with E-state index in [0.29, 0.717) is 0 Å². The van der Waals surface area contributed by atoms with E-state index in [-0.39, 0.29) is 17.2 Å². The van der Waals surface area contributed by atoms with Crippen LogP contribution < -0.4 is 5.73 Å². The molecule has 0 fully saturated rings. The Morgan fingerprint density at radius 2 is 2.17 bits per heavy atom. The van der Waals surface area contributed by atoms with Gasteiger partial charge in [0.05, 0.1) is 6.61 Å². The molecule has 0 saturated heterocycles. The Morgan fingerprint density at radius 1 is 1.56 bits per heavy atom.